The number of aromatic nitrogens is 3. The highest BCUT2D eigenvalue weighted by atomic mass is 35.5. The maximum atomic E-state index is 13.0. The van der Waals surface area contributed by atoms with E-state index in [0.717, 1.165) is 28.1 Å². The minimum absolute atomic E-state index is 0.152. The van der Waals surface area contributed by atoms with Crippen molar-refractivity contribution in [1.82, 2.24) is 14.8 Å². The molecule has 0 aliphatic rings. The van der Waals surface area contributed by atoms with Gasteiger partial charge in [0.05, 0.1) is 21.0 Å². The van der Waals surface area contributed by atoms with Crippen LogP contribution in [0.15, 0.2) is 53.4 Å². The molecule has 0 saturated heterocycles. The fourth-order valence-electron chi connectivity index (χ4n) is 3.40. The van der Waals surface area contributed by atoms with Crippen molar-refractivity contribution in [3.63, 3.8) is 0 Å². The van der Waals surface area contributed by atoms with Crippen LogP contribution in [-0.2, 0) is 10.0 Å². The Hall–Kier alpha value is -3.50. The van der Waals surface area contributed by atoms with Gasteiger partial charge in [0.25, 0.3) is 15.7 Å². The summed E-state index contributed by atoms with van der Waals surface area (Å²) in [5.74, 6) is 0.595. The molecule has 1 N–H and O–H groups in total. The summed E-state index contributed by atoms with van der Waals surface area (Å²) >= 11 is 5.81. The number of hydrogen-bond acceptors (Lipinski definition) is 6. The lowest BCUT2D eigenvalue weighted by atomic mass is 10.1. The maximum Gasteiger partial charge on any atom is 0.289 e. The summed E-state index contributed by atoms with van der Waals surface area (Å²) in [6, 6.07) is 12.5. The third-order valence-corrected chi connectivity index (χ3v) is 6.62. The number of fused-ring (bicyclic) bond motifs is 1. The number of nitro benzene ring substituents is 1. The van der Waals surface area contributed by atoms with E-state index in [0.29, 0.717) is 11.5 Å². The third kappa shape index (κ3) is 3.90. The molecule has 0 radical (unpaired) electrons. The Labute approximate surface area is 188 Å². The first kappa shape index (κ1) is 21.7. The van der Waals surface area contributed by atoms with Crippen LogP contribution in [0.2, 0.25) is 5.02 Å². The number of para-hydroxylation sites is 1. The molecule has 2 heterocycles. The van der Waals surface area contributed by atoms with Gasteiger partial charge < -0.3 is 0 Å². The fraction of sp³-hybridized carbons (Fsp3) is 0.143. The van der Waals surface area contributed by atoms with Crippen LogP contribution >= 0.6 is 11.6 Å². The summed E-state index contributed by atoms with van der Waals surface area (Å²) in [5, 5.41) is 16.4. The lowest BCUT2D eigenvalue weighted by Crippen LogP contribution is -2.16. The van der Waals surface area contributed by atoms with Crippen LogP contribution in [0.1, 0.15) is 16.8 Å². The first-order chi connectivity index (χ1) is 15.1. The van der Waals surface area contributed by atoms with E-state index in [4.69, 9.17) is 16.6 Å². The number of aryl methyl sites for hydroxylation is 3. The Balaban J connectivity index is 1.80. The number of benzene rings is 2. The monoisotopic (exact) mass is 471 g/mol. The van der Waals surface area contributed by atoms with Crippen molar-refractivity contribution in [2.75, 3.05) is 4.72 Å². The predicted octanol–water partition coefficient (Wildman–Crippen LogP) is 4.71. The quantitative estimate of drug-likeness (QED) is 0.332. The molecule has 11 heteroatoms. The standard InChI is InChI=1S/C21H18ClN5O4S/c1-12-5-4-6-16-13(2)9-19(23-21(12)16)26-20(10-14(3)24-26)25-32(30,31)15-7-8-17(22)18(11-15)27(28)29/h4-11,25H,1-3H3. The van der Waals surface area contributed by atoms with Crippen LogP contribution in [0.25, 0.3) is 16.7 Å². The summed E-state index contributed by atoms with van der Waals surface area (Å²) in [5.41, 5.74) is 2.80. The number of rotatable bonds is 5. The highest BCUT2D eigenvalue weighted by Gasteiger charge is 2.23. The minimum Gasteiger partial charge on any atom is -0.263 e. The topological polar surface area (TPSA) is 120 Å². The van der Waals surface area contributed by atoms with Crippen LogP contribution in [0, 0.1) is 30.9 Å². The van der Waals surface area contributed by atoms with Crippen molar-refractivity contribution in [3.8, 4) is 5.82 Å². The molecule has 32 heavy (non-hydrogen) atoms. The second kappa shape index (κ2) is 7.88. The van der Waals surface area contributed by atoms with E-state index >= 15 is 0 Å². The van der Waals surface area contributed by atoms with E-state index in [9.17, 15) is 18.5 Å². The van der Waals surface area contributed by atoms with Crippen LogP contribution in [0.5, 0.6) is 0 Å². The second-order valence-electron chi connectivity index (χ2n) is 7.33. The molecule has 164 valence electrons. The molecule has 0 amide bonds. The van der Waals surface area contributed by atoms with E-state index < -0.39 is 20.6 Å². The van der Waals surface area contributed by atoms with Gasteiger partial charge in [-0.15, -0.1) is 0 Å². The SMILES string of the molecule is Cc1cc(NS(=O)(=O)c2ccc(Cl)c([N+](=O)[O-])c2)n(-c2cc(C)c3cccc(C)c3n2)n1. The first-order valence-electron chi connectivity index (χ1n) is 9.47. The zero-order valence-corrected chi connectivity index (χ0v) is 18.9. The smallest absolute Gasteiger partial charge is 0.263 e. The van der Waals surface area contributed by atoms with Crippen LogP contribution in [0.4, 0.5) is 11.5 Å². The molecule has 2 aromatic carbocycles. The molecule has 4 aromatic rings. The Kier molecular flexibility index (Phi) is 5.35. The fourth-order valence-corrected chi connectivity index (χ4v) is 4.63. The Morgan fingerprint density at radius 2 is 1.81 bits per heavy atom. The van der Waals surface area contributed by atoms with Crippen molar-refractivity contribution >= 4 is 44.0 Å². The summed E-state index contributed by atoms with van der Waals surface area (Å²) in [6.45, 7) is 5.62. The van der Waals surface area contributed by atoms with Gasteiger partial charge in [-0.1, -0.05) is 29.8 Å². The molecule has 0 bridgehead atoms. The summed E-state index contributed by atoms with van der Waals surface area (Å²) in [4.78, 5) is 14.8. The predicted molar refractivity (Wildman–Crippen MR) is 122 cm³/mol. The van der Waals surface area contributed by atoms with Gasteiger partial charge in [0.2, 0.25) is 0 Å². The van der Waals surface area contributed by atoms with Crippen molar-refractivity contribution in [2.24, 2.45) is 0 Å². The average molecular weight is 472 g/mol. The van der Waals surface area contributed by atoms with E-state index in [2.05, 4.69) is 9.82 Å². The lowest BCUT2D eigenvalue weighted by Gasteiger charge is -2.12. The Bertz CT molecular complexity index is 1500. The maximum absolute atomic E-state index is 13.0. The highest BCUT2D eigenvalue weighted by molar-refractivity contribution is 7.92. The van der Waals surface area contributed by atoms with Crippen LogP contribution in [0.3, 0.4) is 0 Å². The van der Waals surface area contributed by atoms with Crippen LogP contribution < -0.4 is 4.72 Å². The Morgan fingerprint density at radius 3 is 2.53 bits per heavy atom. The number of nitro groups is 1. The molecule has 0 fully saturated rings. The van der Waals surface area contributed by atoms with E-state index in [1.165, 1.54) is 16.8 Å². The largest absolute Gasteiger partial charge is 0.289 e. The van der Waals surface area contributed by atoms with Gasteiger partial charge >= 0.3 is 0 Å². The first-order valence-corrected chi connectivity index (χ1v) is 11.3. The van der Waals surface area contributed by atoms with E-state index in [-0.39, 0.29) is 15.7 Å². The summed E-state index contributed by atoms with van der Waals surface area (Å²) in [7, 11) is -4.17. The highest BCUT2D eigenvalue weighted by Crippen LogP contribution is 2.29. The number of anilines is 1. The molecular formula is C21H18ClN5O4S. The number of pyridine rings is 1. The van der Waals surface area contributed by atoms with Crippen molar-refractivity contribution in [3.05, 3.63) is 80.5 Å². The molecule has 0 atom stereocenters. The molecule has 0 spiro atoms. The molecule has 4 rings (SSSR count). The van der Waals surface area contributed by atoms with Crippen LogP contribution in [-0.4, -0.2) is 28.1 Å². The lowest BCUT2D eigenvalue weighted by molar-refractivity contribution is -0.384. The van der Waals surface area contributed by atoms with Crippen molar-refractivity contribution in [1.29, 1.82) is 0 Å². The normalized spacial score (nSPS) is 11.6. The average Bonchev–Trinajstić information content (AvgIpc) is 3.08. The molecule has 0 saturated carbocycles. The number of sulfonamides is 1. The molecule has 2 aromatic heterocycles. The molecule has 0 unspecified atom stereocenters. The molecular weight excluding hydrogens is 454 g/mol. The summed E-state index contributed by atoms with van der Waals surface area (Å²) < 4.78 is 29.8. The van der Waals surface area contributed by atoms with E-state index in [1.54, 1.807) is 13.0 Å². The molecule has 9 nitrogen and oxygen atoms in total. The zero-order chi connectivity index (χ0) is 23.2. The molecule has 0 aliphatic heterocycles. The van der Waals surface area contributed by atoms with Gasteiger partial charge in [-0.25, -0.2) is 13.4 Å². The van der Waals surface area contributed by atoms with Gasteiger partial charge in [0, 0.05) is 17.5 Å². The van der Waals surface area contributed by atoms with E-state index in [1.807, 2.05) is 38.1 Å². The molecule has 0 aliphatic carbocycles. The van der Waals surface area contributed by atoms with Gasteiger partial charge in [0.1, 0.15) is 10.8 Å². The number of halogens is 1. The summed E-state index contributed by atoms with van der Waals surface area (Å²) in [6.07, 6.45) is 0. The minimum atomic E-state index is -4.17. The number of nitrogens with zero attached hydrogens (tertiary/aromatic N) is 4. The number of nitrogens with one attached hydrogen (secondary N) is 1. The van der Waals surface area contributed by atoms with Gasteiger partial charge in [-0.3, -0.25) is 14.8 Å². The number of hydrogen-bond donors (Lipinski definition) is 1. The van der Waals surface area contributed by atoms with Crippen molar-refractivity contribution in [2.45, 2.75) is 25.7 Å². The third-order valence-electron chi connectivity index (χ3n) is 4.95. The second-order valence-corrected chi connectivity index (χ2v) is 9.42. The zero-order valence-electron chi connectivity index (χ0n) is 17.3. The van der Waals surface area contributed by atoms with Gasteiger partial charge in [-0.05, 0) is 50.1 Å². The Morgan fingerprint density at radius 1 is 1.06 bits per heavy atom. The van der Waals surface area contributed by atoms with Crippen molar-refractivity contribution < 1.29 is 13.3 Å². The van der Waals surface area contributed by atoms with Gasteiger partial charge in [0.15, 0.2) is 5.82 Å². The van der Waals surface area contributed by atoms with Gasteiger partial charge in [-0.2, -0.15) is 9.78 Å².